The molecule has 2 rings (SSSR count). The van der Waals surface area contributed by atoms with Gasteiger partial charge in [-0.3, -0.25) is 0 Å². The standard InChI is InChI=1S/C8H7N3O6S/c1-4-9-8(17-10-4)11-18(14,15)6-3-2-5(16-6)7(12)13/h2-3H,1H3,(H,12,13)(H,9,10,11). The monoisotopic (exact) mass is 273 g/mol. The van der Waals surface area contributed by atoms with Gasteiger partial charge in [-0.15, -0.1) is 0 Å². The zero-order chi connectivity index (χ0) is 13.3. The van der Waals surface area contributed by atoms with Crippen molar-refractivity contribution in [2.24, 2.45) is 0 Å². The fourth-order valence-corrected chi connectivity index (χ4v) is 1.94. The van der Waals surface area contributed by atoms with Gasteiger partial charge < -0.3 is 14.0 Å². The van der Waals surface area contributed by atoms with Gasteiger partial charge in [0, 0.05) is 0 Å². The molecule has 0 aromatic carbocycles. The van der Waals surface area contributed by atoms with Gasteiger partial charge in [0.25, 0.3) is 10.0 Å². The quantitative estimate of drug-likeness (QED) is 0.820. The number of carboxylic acid groups (broad SMARTS) is 1. The van der Waals surface area contributed by atoms with E-state index in [1.807, 2.05) is 4.72 Å². The number of furan rings is 1. The maximum atomic E-state index is 11.7. The molecule has 0 saturated heterocycles. The average Bonchev–Trinajstić information content (AvgIpc) is 2.86. The molecule has 10 heteroatoms. The van der Waals surface area contributed by atoms with Gasteiger partial charge in [-0.25, -0.2) is 9.52 Å². The summed E-state index contributed by atoms with van der Waals surface area (Å²) in [6, 6.07) is 1.70. The number of hydrogen-bond donors (Lipinski definition) is 2. The summed E-state index contributed by atoms with van der Waals surface area (Å²) in [5.74, 6) is -1.61. The molecule has 2 aromatic heterocycles. The van der Waals surface area contributed by atoms with Crippen LogP contribution in [0, 0.1) is 6.92 Å². The number of aromatic carboxylic acids is 1. The lowest BCUT2D eigenvalue weighted by Gasteiger charge is -1.98. The molecule has 0 unspecified atom stereocenters. The molecule has 18 heavy (non-hydrogen) atoms. The topological polar surface area (TPSA) is 136 Å². The Morgan fingerprint density at radius 2 is 2.17 bits per heavy atom. The normalized spacial score (nSPS) is 11.4. The zero-order valence-electron chi connectivity index (χ0n) is 8.95. The van der Waals surface area contributed by atoms with Crippen molar-refractivity contribution in [3.8, 4) is 0 Å². The molecule has 9 nitrogen and oxygen atoms in total. The van der Waals surface area contributed by atoms with Gasteiger partial charge in [-0.1, -0.05) is 5.16 Å². The molecule has 0 aliphatic carbocycles. The van der Waals surface area contributed by atoms with Crippen LogP contribution >= 0.6 is 0 Å². The summed E-state index contributed by atoms with van der Waals surface area (Å²) in [5, 5.41) is 11.4. The van der Waals surface area contributed by atoms with Crippen LogP contribution in [0.15, 0.2) is 26.2 Å². The van der Waals surface area contributed by atoms with Crippen molar-refractivity contribution in [1.82, 2.24) is 10.1 Å². The number of carbonyl (C=O) groups is 1. The highest BCUT2D eigenvalue weighted by Crippen LogP contribution is 2.17. The number of anilines is 1. The Morgan fingerprint density at radius 1 is 1.44 bits per heavy atom. The highest BCUT2D eigenvalue weighted by molar-refractivity contribution is 7.92. The van der Waals surface area contributed by atoms with Crippen molar-refractivity contribution in [2.45, 2.75) is 12.0 Å². The maximum absolute atomic E-state index is 11.7. The molecule has 0 aliphatic heterocycles. The molecule has 0 radical (unpaired) electrons. The Morgan fingerprint density at radius 3 is 2.67 bits per heavy atom. The van der Waals surface area contributed by atoms with E-state index in [4.69, 9.17) is 5.11 Å². The SMILES string of the molecule is Cc1noc(NS(=O)(=O)c2ccc(C(=O)O)o2)n1. The maximum Gasteiger partial charge on any atom is 0.371 e. The largest absolute Gasteiger partial charge is 0.475 e. The zero-order valence-corrected chi connectivity index (χ0v) is 9.76. The van der Waals surface area contributed by atoms with E-state index >= 15 is 0 Å². The molecule has 96 valence electrons. The summed E-state index contributed by atoms with van der Waals surface area (Å²) in [5.41, 5.74) is 0. The second-order valence-electron chi connectivity index (χ2n) is 3.18. The molecule has 0 saturated carbocycles. The number of aryl methyl sites for hydroxylation is 1. The fourth-order valence-electron chi connectivity index (χ4n) is 1.08. The van der Waals surface area contributed by atoms with Crippen molar-refractivity contribution < 1.29 is 27.3 Å². The van der Waals surface area contributed by atoms with Gasteiger partial charge in [-0.2, -0.15) is 13.4 Å². The predicted molar refractivity (Wildman–Crippen MR) is 55.5 cm³/mol. The smallest absolute Gasteiger partial charge is 0.371 e. The van der Waals surface area contributed by atoms with E-state index in [1.165, 1.54) is 6.92 Å². The highest BCUT2D eigenvalue weighted by atomic mass is 32.2. The van der Waals surface area contributed by atoms with Crippen molar-refractivity contribution >= 4 is 22.0 Å². The van der Waals surface area contributed by atoms with E-state index in [2.05, 4.69) is 19.1 Å². The van der Waals surface area contributed by atoms with Crippen molar-refractivity contribution in [3.05, 3.63) is 23.7 Å². The molecule has 0 atom stereocenters. The molecule has 2 N–H and O–H groups in total. The number of rotatable bonds is 4. The number of nitrogens with zero attached hydrogens (tertiary/aromatic N) is 2. The van der Waals surface area contributed by atoms with Crippen molar-refractivity contribution in [1.29, 1.82) is 0 Å². The third-order valence-electron chi connectivity index (χ3n) is 1.81. The summed E-state index contributed by atoms with van der Waals surface area (Å²) >= 11 is 0. The van der Waals surface area contributed by atoms with Gasteiger partial charge in [0.1, 0.15) is 0 Å². The summed E-state index contributed by atoms with van der Waals surface area (Å²) in [6.07, 6.45) is 0. The first-order valence-corrected chi connectivity index (χ1v) is 6.03. The minimum absolute atomic E-state index is 0.248. The van der Waals surface area contributed by atoms with E-state index in [9.17, 15) is 13.2 Å². The van der Waals surface area contributed by atoms with E-state index in [-0.39, 0.29) is 11.8 Å². The summed E-state index contributed by atoms with van der Waals surface area (Å²) < 4.78 is 34.6. The van der Waals surface area contributed by atoms with E-state index < -0.39 is 26.8 Å². The number of sulfonamides is 1. The van der Waals surface area contributed by atoms with Gasteiger partial charge in [0.05, 0.1) is 0 Å². The first-order chi connectivity index (χ1) is 8.38. The van der Waals surface area contributed by atoms with Crippen LogP contribution in [-0.2, 0) is 10.0 Å². The van der Waals surface area contributed by atoms with Crippen molar-refractivity contribution in [2.75, 3.05) is 4.72 Å². The Hall–Kier alpha value is -2.36. The molecule has 0 amide bonds. The second-order valence-corrected chi connectivity index (χ2v) is 4.79. The number of aromatic nitrogens is 2. The summed E-state index contributed by atoms with van der Waals surface area (Å²) in [7, 11) is -4.09. The van der Waals surface area contributed by atoms with Crippen LogP contribution in [0.1, 0.15) is 16.4 Å². The van der Waals surface area contributed by atoms with Gasteiger partial charge in [0.15, 0.2) is 5.82 Å². The number of hydrogen-bond acceptors (Lipinski definition) is 7. The van der Waals surface area contributed by atoms with Crippen LogP contribution in [0.2, 0.25) is 0 Å². The Labute approximate surface area is 100 Å². The lowest BCUT2D eigenvalue weighted by Crippen LogP contribution is -2.12. The molecule has 0 fully saturated rings. The summed E-state index contributed by atoms with van der Waals surface area (Å²) in [6.45, 7) is 1.51. The predicted octanol–water partition coefficient (Wildman–Crippen LogP) is 0.470. The fraction of sp³-hybridized carbons (Fsp3) is 0.125. The summed E-state index contributed by atoms with van der Waals surface area (Å²) in [4.78, 5) is 14.2. The second kappa shape index (κ2) is 4.14. The number of carboxylic acids is 1. The van der Waals surface area contributed by atoms with Crippen LogP contribution in [0.4, 0.5) is 6.01 Å². The molecular weight excluding hydrogens is 266 g/mol. The average molecular weight is 273 g/mol. The third-order valence-corrected chi connectivity index (χ3v) is 3.00. The van der Waals surface area contributed by atoms with E-state index in [1.54, 1.807) is 0 Å². The lowest BCUT2D eigenvalue weighted by molar-refractivity contribution is 0.0656. The molecule has 0 bridgehead atoms. The Kier molecular flexibility index (Phi) is 2.79. The minimum Gasteiger partial charge on any atom is -0.475 e. The van der Waals surface area contributed by atoms with Crippen LogP contribution in [-0.4, -0.2) is 29.6 Å². The Bertz CT molecular complexity index is 685. The van der Waals surface area contributed by atoms with Crippen molar-refractivity contribution in [3.63, 3.8) is 0 Å². The lowest BCUT2D eigenvalue weighted by atomic mass is 10.5. The van der Waals surface area contributed by atoms with E-state index in [0.29, 0.717) is 0 Å². The highest BCUT2D eigenvalue weighted by Gasteiger charge is 2.23. The van der Waals surface area contributed by atoms with Crippen LogP contribution in [0.3, 0.4) is 0 Å². The van der Waals surface area contributed by atoms with Crippen LogP contribution in [0.25, 0.3) is 0 Å². The molecule has 0 spiro atoms. The van der Waals surface area contributed by atoms with Crippen LogP contribution < -0.4 is 4.72 Å². The van der Waals surface area contributed by atoms with Gasteiger partial charge >= 0.3 is 12.0 Å². The first-order valence-electron chi connectivity index (χ1n) is 4.55. The molecule has 2 aromatic rings. The molecule has 2 heterocycles. The first kappa shape index (κ1) is 12.1. The van der Waals surface area contributed by atoms with Crippen LogP contribution in [0.5, 0.6) is 0 Å². The van der Waals surface area contributed by atoms with E-state index in [0.717, 1.165) is 12.1 Å². The van der Waals surface area contributed by atoms with Gasteiger partial charge in [0.2, 0.25) is 10.9 Å². The Balaban J connectivity index is 2.27. The molecule has 0 aliphatic rings. The number of nitrogens with one attached hydrogen (secondary N) is 1. The van der Waals surface area contributed by atoms with Gasteiger partial charge in [-0.05, 0) is 19.1 Å². The third kappa shape index (κ3) is 2.32. The molecular formula is C8H7N3O6S. The minimum atomic E-state index is -4.09.